The van der Waals surface area contributed by atoms with Crippen molar-refractivity contribution in [2.24, 2.45) is 0 Å². The summed E-state index contributed by atoms with van der Waals surface area (Å²) in [5.74, 6) is -78.0. The van der Waals surface area contributed by atoms with Crippen molar-refractivity contribution < 1.29 is 96.6 Å². The monoisotopic (exact) mass is 552 g/mol. The molecule has 0 heterocycles. The Bertz CT molecular complexity index is 708. The highest BCUT2D eigenvalue weighted by molar-refractivity contribution is 5.17. The number of hydrogen-bond donors (Lipinski definition) is 0. The average Bonchev–Trinajstić information content (AvgIpc) is 2.59. The molecule has 0 saturated carbocycles. The molecule has 0 aromatic heterocycles. The van der Waals surface area contributed by atoms with Crippen LogP contribution in [0.25, 0.3) is 0 Å². The smallest absolute Gasteiger partial charge is 0.244 e. The first-order valence-corrected chi connectivity index (χ1v) is 6.84. The molecule has 200 valence electrons. The lowest BCUT2D eigenvalue weighted by Gasteiger charge is -2.44. The topological polar surface area (TPSA) is 0 Å². The summed E-state index contributed by atoms with van der Waals surface area (Å²) in [4.78, 5) is 0. The van der Waals surface area contributed by atoms with Crippen molar-refractivity contribution in [1.82, 2.24) is 0 Å². The highest BCUT2D eigenvalue weighted by atomic mass is 19.4. The van der Waals surface area contributed by atoms with Crippen molar-refractivity contribution in [3.8, 4) is 0 Å². The van der Waals surface area contributed by atoms with Gasteiger partial charge < -0.3 is 0 Å². The van der Waals surface area contributed by atoms with Crippen molar-refractivity contribution in [3.63, 3.8) is 0 Å². The van der Waals surface area contributed by atoms with Crippen LogP contribution in [0.3, 0.4) is 0 Å². The average molecular weight is 552 g/mol. The summed E-state index contributed by atoms with van der Waals surface area (Å²) in [6, 6.07) is 0. The van der Waals surface area contributed by atoms with Crippen LogP contribution in [0.1, 0.15) is 0 Å². The molecule has 0 fully saturated rings. The van der Waals surface area contributed by atoms with E-state index >= 15 is 0 Å². The molecule has 0 rings (SSSR count). The van der Waals surface area contributed by atoms with E-state index in [4.69, 9.17) is 0 Å². The van der Waals surface area contributed by atoms with Crippen molar-refractivity contribution in [2.75, 3.05) is 6.67 Å². The van der Waals surface area contributed by atoms with Gasteiger partial charge >= 0.3 is 59.5 Å². The van der Waals surface area contributed by atoms with Gasteiger partial charge in [0.15, 0.2) is 6.67 Å². The molecule has 0 radical (unpaired) electrons. The molecule has 0 bridgehead atoms. The van der Waals surface area contributed by atoms with Crippen LogP contribution in [0.5, 0.6) is 0 Å². The van der Waals surface area contributed by atoms with Gasteiger partial charge in [-0.25, -0.2) is 4.39 Å². The summed E-state index contributed by atoms with van der Waals surface area (Å²) in [6.45, 7) is -4.13. The Morgan fingerprint density at radius 1 is 0.273 bits per heavy atom. The zero-order chi connectivity index (χ0) is 27.7. The third-order valence-electron chi connectivity index (χ3n) is 3.74. The molecule has 0 aliphatic carbocycles. The van der Waals surface area contributed by atoms with Crippen LogP contribution in [-0.4, -0.2) is 66.2 Å². The SMILES string of the molecule is FCC(F)(F)C(F)(F)C(F)(F)C(F)(F)C(F)(F)C(F)(F)C(F)(F)C(F)(F)C(F)(F)C(F)(F)F. The molecule has 0 aliphatic heterocycles. The molecule has 0 N–H and O–H groups in total. The molecule has 0 amide bonds. The molecule has 0 saturated heterocycles. The minimum atomic E-state index is -9.22. The van der Waals surface area contributed by atoms with E-state index in [0.717, 1.165) is 0 Å². The van der Waals surface area contributed by atoms with Crippen LogP contribution in [0.2, 0.25) is 0 Å². The Morgan fingerprint density at radius 2 is 0.455 bits per heavy atom. The molecule has 33 heavy (non-hydrogen) atoms. The molecular formula is C11H2F22. The first-order chi connectivity index (χ1) is 13.8. The fourth-order valence-corrected chi connectivity index (χ4v) is 1.67. The van der Waals surface area contributed by atoms with Crippen LogP contribution in [0.4, 0.5) is 96.6 Å². The maximum atomic E-state index is 13.2. The maximum absolute atomic E-state index is 13.2. The van der Waals surface area contributed by atoms with Crippen LogP contribution >= 0.6 is 0 Å². The van der Waals surface area contributed by atoms with E-state index in [9.17, 15) is 96.6 Å². The Balaban J connectivity index is 7.03. The predicted molar refractivity (Wildman–Crippen MR) is 56.6 cm³/mol. The van der Waals surface area contributed by atoms with E-state index in [-0.39, 0.29) is 0 Å². The lowest BCUT2D eigenvalue weighted by Crippen LogP contribution is -2.77. The van der Waals surface area contributed by atoms with Crippen molar-refractivity contribution in [2.45, 2.75) is 59.5 Å². The molecule has 0 aromatic carbocycles. The molecule has 0 spiro atoms. The Hall–Kier alpha value is -1.54. The van der Waals surface area contributed by atoms with E-state index in [0.29, 0.717) is 0 Å². The highest BCUT2D eigenvalue weighted by Gasteiger charge is 2.97. The second-order valence-corrected chi connectivity index (χ2v) is 5.93. The number of alkyl halides is 22. The molecule has 0 aromatic rings. The van der Waals surface area contributed by atoms with Gasteiger partial charge in [0.25, 0.3) is 0 Å². The second kappa shape index (κ2) is 7.48. The summed E-state index contributed by atoms with van der Waals surface area (Å²) in [5.41, 5.74) is 0. The Labute approximate surface area is 164 Å². The Kier molecular flexibility index (Phi) is 7.13. The van der Waals surface area contributed by atoms with Gasteiger partial charge in [-0.3, -0.25) is 0 Å². The first-order valence-electron chi connectivity index (χ1n) is 6.84. The number of hydrogen-bond acceptors (Lipinski definition) is 0. The van der Waals surface area contributed by atoms with E-state index in [2.05, 4.69) is 0 Å². The zero-order valence-corrected chi connectivity index (χ0v) is 14.0. The molecule has 0 aliphatic rings. The molecule has 0 unspecified atom stereocenters. The van der Waals surface area contributed by atoms with Crippen LogP contribution in [-0.2, 0) is 0 Å². The minimum Gasteiger partial charge on any atom is -0.244 e. The van der Waals surface area contributed by atoms with Crippen molar-refractivity contribution in [3.05, 3.63) is 0 Å². The van der Waals surface area contributed by atoms with Gasteiger partial charge in [-0.2, -0.15) is 92.2 Å². The predicted octanol–water partition coefficient (Wildman–Crippen LogP) is 7.24. The number of halogens is 22. The van der Waals surface area contributed by atoms with Gasteiger partial charge in [0.2, 0.25) is 0 Å². The minimum absolute atomic E-state index is 4.13. The summed E-state index contributed by atoms with van der Waals surface area (Å²) in [6.07, 6.45) is -8.02. The van der Waals surface area contributed by atoms with Crippen LogP contribution < -0.4 is 0 Å². The fourth-order valence-electron chi connectivity index (χ4n) is 1.67. The summed E-state index contributed by atoms with van der Waals surface area (Å²) >= 11 is 0. The largest absolute Gasteiger partial charge is 0.460 e. The first kappa shape index (κ1) is 31.5. The third-order valence-corrected chi connectivity index (χ3v) is 3.74. The quantitative estimate of drug-likeness (QED) is 0.265. The van der Waals surface area contributed by atoms with Crippen LogP contribution in [0, 0.1) is 0 Å². The lowest BCUT2D eigenvalue weighted by atomic mass is 9.86. The lowest BCUT2D eigenvalue weighted by molar-refractivity contribution is -0.474. The summed E-state index contributed by atoms with van der Waals surface area (Å²) in [7, 11) is 0. The maximum Gasteiger partial charge on any atom is 0.460 e. The van der Waals surface area contributed by atoms with E-state index in [1.54, 1.807) is 0 Å². The highest BCUT2D eigenvalue weighted by Crippen LogP contribution is 2.66. The molecule has 22 heteroatoms. The molecule has 0 nitrogen and oxygen atoms in total. The van der Waals surface area contributed by atoms with Crippen molar-refractivity contribution in [1.29, 1.82) is 0 Å². The van der Waals surface area contributed by atoms with Gasteiger partial charge in [0, 0.05) is 0 Å². The Morgan fingerprint density at radius 3 is 0.636 bits per heavy atom. The van der Waals surface area contributed by atoms with E-state index < -0.39 is 66.2 Å². The normalized spacial score (nSPS) is 16.9. The van der Waals surface area contributed by atoms with E-state index in [1.165, 1.54) is 0 Å². The van der Waals surface area contributed by atoms with Gasteiger partial charge in [0.1, 0.15) is 0 Å². The number of rotatable bonds is 9. The molecular weight excluding hydrogens is 550 g/mol. The molecule has 0 atom stereocenters. The summed E-state index contributed by atoms with van der Waals surface area (Å²) < 4.78 is 280. The van der Waals surface area contributed by atoms with Crippen LogP contribution in [0.15, 0.2) is 0 Å². The van der Waals surface area contributed by atoms with Gasteiger partial charge in [-0.15, -0.1) is 0 Å². The standard InChI is InChI=1S/C11H2F22/c12-1-2(13,14)3(15,16)4(17,18)5(19,20)6(21,22)7(23,24)8(25,26)9(27,28)10(29,30)11(31,32)33/h1H2. The third kappa shape index (κ3) is 3.63. The van der Waals surface area contributed by atoms with Gasteiger partial charge in [0.05, 0.1) is 0 Å². The van der Waals surface area contributed by atoms with Gasteiger partial charge in [-0.1, -0.05) is 0 Å². The van der Waals surface area contributed by atoms with E-state index in [1.807, 2.05) is 0 Å². The fraction of sp³-hybridized carbons (Fsp3) is 1.00. The van der Waals surface area contributed by atoms with Gasteiger partial charge in [-0.05, 0) is 0 Å². The second-order valence-electron chi connectivity index (χ2n) is 5.93. The van der Waals surface area contributed by atoms with Crippen molar-refractivity contribution >= 4 is 0 Å². The zero-order valence-electron chi connectivity index (χ0n) is 14.0. The summed E-state index contributed by atoms with van der Waals surface area (Å²) in [5, 5.41) is 0.